The van der Waals surface area contributed by atoms with Gasteiger partial charge < -0.3 is 20.4 Å². The Kier molecular flexibility index (Phi) is 8.83. The van der Waals surface area contributed by atoms with Crippen molar-refractivity contribution in [3.63, 3.8) is 0 Å². The number of aliphatic imine (C=N–C) groups is 1. The van der Waals surface area contributed by atoms with Crippen molar-refractivity contribution in [2.75, 3.05) is 33.4 Å². The minimum atomic E-state index is 0. The third-order valence-electron chi connectivity index (χ3n) is 3.00. The number of para-hydroxylation sites is 2. The lowest BCUT2D eigenvalue weighted by atomic mass is 10.3. The molecule has 0 amide bonds. The van der Waals surface area contributed by atoms with Crippen LogP contribution in [0.4, 0.5) is 0 Å². The molecule has 0 radical (unpaired) electrons. The standard InChI is InChI=1S/C15H23N5O.HI/c1-3-16-15(18-10-11-21-2)17-9-8-14-19-12-6-4-5-7-13(12)20-14;/h4-7H,3,8-11H2,1-2H3,(H,19,20)(H2,16,17,18);1H. The number of rotatable bonds is 7. The van der Waals surface area contributed by atoms with E-state index in [0.717, 1.165) is 42.3 Å². The lowest BCUT2D eigenvalue weighted by Gasteiger charge is -2.10. The Morgan fingerprint density at radius 3 is 2.86 bits per heavy atom. The average Bonchev–Trinajstić information content (AvgIpc) is 2.90. The molecule has 0 fully saturated rings. The van der Waals surface area contributed by atoms with Gasteiger partial charge in [0.15, 0.2) is 5.96 Å². The van der Waals surface area contributed by atoms with Crippen molar-refractivity contribution in [2.24, 2.45) is 4.99 Å². The summed E-state index contributed by atoms with van der Waals surface area (Å²) >= 11 is 0. The van der Waals surface area contributed by atoms with Gasteiger partial charge in [-0.1, -0.05) is 12.1 Å². The van der Waals surface area contributed by atoms with Crippen molar-refractivity contribution < 1.29 is 4.74 Å². The molecule has 3 N–H and O–H groups in total. The van der Waals surface area contributed by atoms with Crippen LogP contribution in [0.15, 0.2) is 29.3 Å². The third kappa shape index (κ3) is 5.80. The Labute approximate surface area is 148 Å². The predicted octanol–water partition coefficient (Wildman–Crippen LogP) is 1.92. The third-order valence-corrected chi connectivity index (χ3v) is 3.00. The number of aromatic amines is 1. The van der Waals surface area contributed by atoms with Gasteiger partial charge in [-0.15, -0.1) is 24.0 Å². The zero-order valence-electron chi connectivity index (χ0n) is 13.1. The molecule has 0 aliphatic carbocycles. The summed E-state index contributed by atoms with van der Waals surface area (Å²) in [6.07, 6.45) is 0.823. The first-order chi connectivity index (χ1) is 10.3. The lowest BCUT2D eigenvalue weighted by Crippen LogP contribution is -2.38. The molecule has 0 aliphatic rings. The summed E-state index contributed by atoms with van der Waals surface area (Å²) in [6, 6.07) is 8.06. The zero-order valence-corrected chi connectivity index (χ0v) is 15.4. The number of nitrogens with zero attached hydrogens (tertiary/aromatic N) is 2. The highest BCUT2D eigenvalue weighted by molar-refractivity contribution is 14.0. The van der Waals surface area contributed by atoms with Crippen LogP contribution in [0.3, 0.4) is 0 Å². The van der Waals surface area contributed by atoms with Gasteiger partial charge in [-0.05, 0) is 19.1 Å². The molecule has 2 rings (SSSR count). The number of benzene rings is 1. The number of fused-ring (bicyclic) bond motifs is 1. The molecule has 2 aromatic rings. The van der Waals surface area contributed by atoms with E-state index in [2.05, 4.69) is 25.6 Å². The van der Waals surface area contributed by atoms with Crippen LogP contribution in [0.25, 0.3) is 11.0 Å². The maximum atomic E-state index is 5.00. The van der Waals surface area contributed by atoms with E-state index in [1.165, 1.54) is 0 Å². The lowest BCUT2D eigenvalue weighted by molar-refractivity contribution is 0.208. The van der Waals surface area contributed by atoms with Gasteiger partial charge in [-0.25, -0.2) is 4.98 Å². The fraction of sp³-hybridized carbons (Fsp3) is 0.467. The molecule has 0 spiro atoms. The summed E-state index contributed by atoms with van der Waals surface area (Å²) in [7, 11) is 1.68. The van der Waals surface area contributed by atoms with E-state index in [-0.39, 0.29) is 24.0 Å². The van der Waals surface area contributed by atoms with Crippen LogP contribution in [-0.2, 0) is 11.2 Å². The molecule has 6 nitrogen and oxygen atoms in total. The molecular formula is C15H24IN5O. The monoisotopic (exact) mass is 417 g/mol. The van der Waals surface area contributed by atoms with Crippen molar-refractivity contribution in [1.82, 2.24) is 20.6 Å². The number of ether oxygens (including phenoxy) is 1. The molecule has 1 aromatic heterocycles. The second kappa shape index (κ2) is 10.4. The maximum absolute atomic E-state index is 5.00. The second-order valence-electron chi connectivity index (χ2n) is 4.63. The van der Waals surface area contributed by atoms with Crippen LogP contribution in [0.1, 0.15) is 12.7 Å². The molecule has 0 saturated carbocycles. The smallest absolute Gasteiger partial charge is 0.191 e. The molecule has 0 bridgehead atoms. The first kappa shape index (κ1) is 18.7. The van der Waals surface area contributed by atoms with Gasteiger partial charge in [0.2, 0.25) is 0 Å². The number of hydrogen-bond acceptors (Lipinski definition) is 3. The zero-order chi connectivity index (χ0) is 14.9. The minimum Gasteiger partial charge on any atom is -0.383 e. The van der Waals surface area contributed by atoms with Crippen molar-refractivity contribution in [3.8, 4) is 0 Å². The second-order valence-corrected chi connectivity index (χ2v) is 4.63. The van der Waals surface area contributed by atoms with E-state index in [1.54, 1.807) is 7.11 Å². The molecule has 0 atom stereocenters. The van der Waals surface area contributed by atoms with Gasteiger partial charge in [0.1, 0.15) is 5.82 Å². The average molecular weight is 417 g/mol. The van der Waals surface area contributed by atoms with Crippen LogP contribution < -0.4 is 10.6 Å². The van der Waals surface area contributed by atoms with Crippen LogP contribution in [0.5, 0.6) is 0 Å². The maximum Gasteiger partial charge on any atom is 0.191 e. The number of imidazole rings is 1. The van der Waals surface area contributed by atoms with Gasteiger partial charge in [0, 0.05) is 26.6 Å². The van der Waals surface area contributed by atoms with E-state index in [0.29, 0.717) is 13.2 Å². The molecule has 0 saturated heterocycles. The Bertz CT molecular complexity index is 551. The molecular weight excluding hydrogens is 393 g/mol. The van der Waals surface area contributed by atoms with Crippen molar-refractivity contribution in [3.05, 3.63) is 30.1 Å². The Balaban J connectivity index is 0.00000242. The number of hydrogen-bond donors (Lipinski definition) is 3. The van der Waals surface area contributed by atoms with Gasteiger partial charge >= 0.3 is 0 Å². The Morgan fingerprint density at radius 2 is 2.14 bits per heavy atom. The van der Waals surface area contributed by atoms with Gasteiger partial charge in [-0.2, -0.15) is 0 Å². The highest BCUT2D eigenvalue weighted by atomic mass is 127. The number of aromatic nitrogens is 2. The largest absolute Gasteiger partial charge is 0.383 e. The van der Waals surface area contributed by atoms with E-state index < -0.39 is 0 Å². The summed E-state index contributed by atoms with van der Waals surface area (Å²) in [5, 5.41) is 6.50. The van der Waals surface area contributed by atoms with Crippen molar-refractivity contribution in [1.29, 1.82) is 0 Å². The number of nitrogens with one attached hydrogen (secondary N) is 3. The molecule has 22 heavy (non-hydrogen) atoms. The first-order valence-corrected chi connectivity index (χ1v) is 7.28. The number of H-pyrrole nitrogens is 1. The SMILES string of the molecule is CCNC(=NCCOC)NCCc1nc2ccccc2[nH]1.I. The van der Waals surface area contributed by atoms with E-state index in [9.17, 15) is 0 Å². The predicted molar refractivity (Wildman–Crippen MR) is 101 cm³/mol. The molecule has 0 aliphatic heterocycles. The molecule has 0 unspecified atom stereocenters. The molecule has 7 heteroatoms. The summed E-state index contributed by atoms with van der Waals surface area (Å²) in [4.78, 5) is 12.3. The topological polar surface area (TPSA) is 74.3 Å². The van der Waals surface area contributed by atoms with Crippen molar-refractivity contribution >= 4 is 41.0 Å². The van der Waals surface area contributed by atoms with Crippen LogP contribution in [-0.4, -0.2) is 49.3 Å². The van der Waals surface area contributed by atoms with E-state index >= 15 is 0 Å². The van der Waals surface area contributed by atoms with Crippen LogP contribution >= 0.6 is 24.0 Å². The summed E-state index contributed by atoms with van der Waals surface area (Å²) in [5.41, 5.74) is 2.08. The van der Waals surface area contributed by atoms with E-state index in [1.807, 2.05) is 31.2 Å². The van der Waals surface area contributed by atoms with Gasteiger partial charge in [0.05, 0.1) is 24.2 Å². The summed E-state index contributed by atoms with van der Waals surface area (Å²) < 4.78 is 5.00. The van der Waals surface area contributed by atoms with Gasteiger partial charge in [0.25, 0.3) is 0 Å². The molecule has 1 aromatic carbocycles. The van der Waals surface area contributed by atoms with Crippen molar-refractivity contribution in [2.45, 2.75) is 13.3 Å². The summed E-state index contributed by atoms with van der Waals surface area (Å²) in [5.74, 6) is 1.79. The van der Waals surface area contributed by atoms with Crippen LogP contribution in [0.2, 0.25) is 0 Å². The highest BCUT2D eigenvalue weighted by Gasteiger charge is 2.02. The Morgan fingerprint density at radius 1 is 1.32 bits per heavy atom. The summed E-state index contributed by atoms with van der Waals surface area (Å²) in [6.45, 7) is 4.94. The Hall–Kier alpha value is -1.35. The van der Waals surface area contributed by atoms with E-state index in [4.69, 9.17) is 4.74 Å². The van der Waals surface area contributed by atoms with Crippen LogP contribution in [0, 0.1) is 0 Å². The number of guanidine groups is 1. The molecule has 1 heterocycles. The number of methoxy groups -OCH3 is 1. The van der Waals surface area contributed by atoms with Gasteiger partial charge in [-0.3, -0.25) is 4.99 Å². The minimum absolute atomic E-state index is 0. The fourth-order valence-electron chi connectivity index (χ4n) is 2.01. The molecule has 122 valence electrons. The highest BCUT2D eigenvalue weighted by Crippen LogP contribution is 2.10. The normalized spacial score (nSPS) is 11.3. The fourth-order valence-corrected chi connectivity index (χ4v) is 2.01. The quantitative estimate of drug-likeness (QED) is 0.279. The first-order valence-electron chi connectivity index (χ1n) is 7.28. The number of halogens is 1.